The number of ether oxygens (including phenoxy) is 1. The van der Waals surface area contributed by atoms with E-state index in [0.717, 1.165) is 0 Å². The van der Waals surface area contributed by atoms with Gasteiger partial charge in [0, 0.05) is 24.2 Å². The van der Waals surface area contributed by atoms with E-state index in [9.17, 15) is 9.90 Å². The third-order valence-corrected chi connectivity index (χ3v) is 3.97. The van der Waals surface area contributed by atoms with Crippen molar-refractivity contribution in [3.05, 3.63) is 54.4 Å². The highest BCUT2D eigenvalue weighted by Crippen LogP contribution is 2.31. The fraction of sp³-hybridized carbons (Fsp3) is 0.167. The fourth-order valence-electron chi connectivity index (χ4n) is 2.51. The van der Waals surface area contributed by atoms with Crippen LogP contribution in [0, 0.1) is 0 Å². The van der Waals surface area contributed by atoms with Crippen LogP contribution < -0.4 is 19.9 Å². The molecule has 128 valence electrons. The lowest BCUT2D eigenvalue weighted by atomic mass is 10.1. The second-order valence-corrected chi connectivity index (χ2v) is 5.80. The maximum atomic E-state index is 11.5. The predicted octanol–water partition coefficient (Wildman–Crippen LogP) is 2.13. The van der Waals surface area contributed by atoms with Gasteiger partial charge in [0.05, 0.1) is 5.69 Å². The number of amides is 1. The predicted molar refractivity (Wildman–Crippen MR) is 99.2 cm³/mol. The van der Waals surface area contributed by atoms with Crippen LogP contribution in [0.1, 0.15) is 12.5 Å². The molecule has 0 bridgehead atoms. The van der Waals surface area contributed by atoms with Crippen LogP contribution in [0.15, 0.2) is 48.8 Å². The average molecular weight is 356 g/mol. The molecule has 1 aliphatic heterocycles. The zero-order chi connectivity index (χ0) is 17.8. The molecule has 6 nitrogen and oxygen atoms in total. The molecule has 0 fully saturated rings. The van der Waals surface area contributed by atoms with Crippen LogP contribution in [0.25, 0.3) is 11.5 Å². The Kier molecular flexibility index (Phi) is 4.95. The van der Waals surface area contributed by atoms with Gasteiger partial charge in [-0.3, -0.25) is 4.79 Å². The van der Waals surface area contributed by atoms with Crippen molar-refractivity contribution in [2.75, 3.05) is 18.5 Å². The molecule has 1 aromatic carbocycles. The van der Waals surface area contributed by atoms with E-state index < -0.39 is 0 Å². The van der Waals surface area contributed by atoms with Crippen LogP contribution in [-0.2, 0) is 4.79 Å². The summed E-state index contributed by atoms with van der Waals surface area (Å²) in [5.41, 5.74) is 1.50. The van der Waals surface area contributed by atoms with Gasteiger partial charge in [-0.2, -0.15) is 4.57 Å². The smallest absolute Gasteiger partial charge is 0.287 e. The number of pyridine rings is 1. The van der Waals surface area contributed by atoms with Crippen LogP contribution in [-0.4, -0.2) is 29.2 Å². The lowest BCUT2D eigenvalue weighted by Gasteiger charge is -2.18. The van der Waals surface area contributed by atoms with E-state index in [0.29, 0.717) is 34.2 Å². The molecule has 1 amide bonds. The molecule has 3 N–H and O–H groups in total. The summed E-state index contributed by atoms with van der Waals surface area (Å²) in [5, 5.41) is 16.7. The number of hydrogen-bond donors (Lipinski definition) is 3. The summed E-state index contributed by atoms with van der Waals surface area (Å²) in [6.07, 6.45) is 3.61. The molecule has 3 rings (SSSR count). The number of nitrogens with zero attached hydrogens (tertiary/aromatic N) is 1. The first-order chi connectivity index (χ1) is 12.1. The highest BCUT2D eigenvalue weighted by molar-refractivity contribution is 7.81. The van der Waals surface area contributed by atoms with E-state index in [2.05, 4.69) is 10.6 Å². The largest absolute Gasteiger partial charge is 0.502 e. The Hall–Kier alpha value is -2.93. The molecule has 1 aromatic heterocycles. The molecule has 1 aliphatic rings. The second-order valence-electron chi connectivity index (χ2n) is 5.39. The van der Waals surface area contributed by atoms with Crippen LogP contribution in [0.2, 0.25) is 0 Å². The molecular weight excluding hydrogens is 338 g/mol. The monoisotopic (exact) mass is 356 g/mol. The van der Waals surface area contributed by atoms with E-state index in [1.807, 2.05) is 25.1 Å². The van der Waals surface area contributed by atoms with Gasteiger partial charge < -0.3 is 20.5 Å². The summed E-state index contributed by atoms with van der Waals surface area (Å²) in [7, 11) is 0. The van der Waals surface area contributed by atoms with Gasteiger partial charge in [-0.1, -0.05) is 18.3 Å². The molecule has 0 saturated carbocycles. The first-order valence-electron chi connectivity index (χ1n) is 7.85. The highest BCUT2D eigenvalue weighted by atomic mass is 32.1. The van der Waals surface area contributed by atoms with Crippen LogP contribution in [0.4, 0.5) is 5.69 Å². The average Bonchev–Trinajstić information content (AvgIpc) is 2.62. The van der Waals surface area contributed by atoms with Crippen molar-refractivity contribution in [3.8, 4) is 5.75 Å². The first-order valence-corrected chi connectivity index (χ1v) is 8.26. The molecule has 0 radical (unpaired) electrons. The van der Waals surface area contributed by atoms with Gasteiger partial charge in [0.25, 0.3) is 11.6 Å². The molecule has 2 aromatic rings. The Morgan fingerprint density at radius 1 is 1.36 bits per heavy atom. The lowest BCUT2D eigenvalue weighted by molar-refractivity contribution is -0.576. The van der Waals surface area contributed by atoms with Crippen molar-refractivity contribution < 1.29 is 19.2 Å². The van der Waals surface area contributed by atoms with Crippen LogP contribution in [0.3, 0.4) is 0 Å². The zero-order valence-corrected chi connectivity index (χ0v) is 14.5. The normalized spacial score (nSPS) is 13.9. The summed E-state index contributed by atoms with van der Waals surface area (Å²) in [6.45, 7) is 2.56. The number of fused-ring (bicyclic) bond motifs is 1. The number of rotatable bonds is 4. The van der Waals surface area contributed by atoms with Gasteiger partial charge in [-0.15, -0.1) is 0 Å². The number of thiocarbonyl (C=S) groups is 1. The number of hydrogen-bond acceptors (Lipinski definition) is 4. The van der Waals surface area contributed by atoms with Crippen molar-refractivity contribution in [2.24, 2.45) is 0 Å². The Bertz CT molecular complexity index is 850. The maximum absolute atomic E-state index is 11.5. The standard InChI is InChI=1S/C18H17N3O3S/c1-2-19-18(25)16(21-8-4-3-5-9-21)17(23)12-6-7-14-13(10-12)20-15(22)11-24-14/h3-10H,2,11H2,1H3,(H2-,19,20,22,23,25)/p+1. The molecule has 2 heterocycles. The van der Waals surface area contributed by atoms with Gasteiger partial charge >= 0.3 is 0 Å². The lowest BCUT2D eigenvalue weighted by Crippen LogP contribution is -2.40. The van der Waals surface area contributed by atoms with Crippen molar-refractivity contribution in [3.63, 3.8) is 0 Å². The van der Waals surface area contributed by atoms with Crippen LogP contribution in [0.5, 0.6) is 5.75 Å². The number of aliphatic hydroxyl groups excluding tert-OH is 1. The van der Waals surface area contributed by atoms with E-state index in [1.54, 1.807) is 35.2 Å². The summed E-state index contributed by atoms with van der Waals surface area (Å²) in [6, 6.07) is 10.7. The first kappa shape index (κ1) is 16.9. The second kappa shape index (κ2) is 7.31. The highest BCUT2D eigenvalue weighted by Gasteiger charge is 2.24. The van der Waals surface area contributed by atoms with Gasteiger partial charge in [0.2, 0.25) is 0 Å². The number of nitrogens with one attached hydrogen (secondary N) is 2. The topological polar surface area (TPSA) is 74.5 Å². The number of carbonyl (C=O) groups is 1. The van der Waals surface area contributed by atoms with E-state index in [1.165, 1.54) is 0 Å². The van der Waals surface area contributed by atoms with E-state index in [-0.39, 0.29) is 18.3 Å². The van der Waals surface area contributed by atoms with Gasteiger partial charge in [0.15, 0.2) is 29.7 Å². The summed E-state index contributed by atoms with van der Waals surface area (Å²) in [4.78, 5) is 11.9. The number of aliphatic hydroxyl groups is 1. The molecule has 7 heteroatoms. The number of carbonyl (C=O) groups excluding carboxylic acids is 1. The number of aromatic nitrogens is 1. The van der Waals surface area contributed by atoms with Crippen molar-refractivity contribution >= 4 is 40.3 Å². The SMILES string of the molecule is CCNC(=S)C(=C(O)c1ccc2c(c1)NC(=O)CO2)[n+]1ccccc1. The summed E-state index contributed by atoms with van der Waals surface area (Å²) in [5.74, 6) is 0.345. The molecule has 0 spiro atoms. The minimum absolute atomic E-state index is 0.00442. The summed E-state index contributed by atoms with van der Waals surface area (Å²) < 4.78 is 7.09. The quantitative estimate of drug-likeness (QED) is 0.339. The van der Waals surface area contributed by atoms with E-state index >= 15 is 0 Å². The van der Waals surface area contributed by atoms with Crippen molar-refractivity contribution in [1.82, 2.24) is 5.32 Å². The van der Waals surface area contributed by atoms with Gasteiger partial charge in [0.1, 0.15) is 5.75 Å². The Morgan fingerprint density at radius 2 is 2.12 bits per heavy atom. The molecule has 0 aliphatic carbocycles. The molecule has 25 heavy (non-hydrogen) atoms. The van der Waals surface area contributed by atoms with Crippen molar-refractivity contribution in [1.29, 1.82) is 0 Å². The Balaban J connectivity index is 2.09. The molecule has 0 unspecified atom stereocenters. The number of benzene rings is 1. The molecule has 0 saturated heterocycles. The minimum atomic E-state index is -0.228. The third kappa shape index (κ3) is 3.61. The van der Waals surface area contributed by atoms with Crippen LogP contribution >= 0.6 is 12.2 Å². The third-order valence-electron chi connectivity index (χ3n) is 3.64. The van der Waals surface area contributed by atoms with Gasteiger partial charge in [-0.05, 0) is 25.1 Å². The minimum Gasteiger partial charge on any atom is -0.502 e. The Labute approximate surface area is 150 Å². The zero-order valence-electron chi connectivity index (χ0n) is 13.7. The maximum Gasteiger partial charge on any atom is 0.287 e. The molecular formula is C18H18N3O3S+. The fourth-order valence-corrected chi connectivity index (χ4v) is 2.85. The molecule has 0 atom stereocenters. The summed E-state index contributed by atoms with van der Waals surface area (Å²) >= 11 is 5.43. The van der Waals surface area contributed by atoms with Crippen molar-refractivity contribution in [2.45, 2.75) is 6.92 Å². The number of anilines is 1. The number of likely N-dealkylation sites (N-methyl/N-ethyl adjacent to an activating group) is 1. The van der Waals surface area contributed by atoms with E-state index in [4.69, 9.17) is 17.0 Å². The Morgan fingerprint density at radius 3 is 2.84 bits per heavy atom. The van der Waals surface area contributed by atoms with Gasteiger partial charge in [-0.25, -0.2) is 0 Å².